The third-order valence-corrected chi connectivity index (χ3v) is 4.20. The molecule has 0 heterocycles. The number of aliphatic carboxylic acids is 1. The molecule has 0 bridgehead atoms. The van der Waals surface area contributed by atoms with Gasteiger partial charge in [0, 0.05) is 12.1 Å². The van der Waals surface area contributed by atoms with Crippen molar-refractivity contribution >= 4 is 11.9 Å². The van der Waals surface area contributed by atoms with Crippen LogP contribution in [0.1, 0.15) is 21.5 Å². The first kappa shape index (κ1) is 19.3. The van der Waals surface area contributed by atoms with Crippen LogP contribution in [-0.4, -0.2) is 37.7 Å². The predicted molar refractivity (Wildman–Crippen MR) is 97.9 cm³/mol. The second-order valence-electron chi connectivity index (χ2n) is 5.94. The fourth-order valence-electron chi connectivity index (χ4n) is 2.71. The number of carbonyl (C=O) groups is 2. The minimum atomic E-state index is -0.970. The number of nitrogens with one attached hydrogen (secondary N) is 1. The first-order valence-electron chi connectivity index (χ1n) is 8.23. The van der Waals surface area contributed by atoms with Crippen molar-refractivity contribution in [3.05, 3.63) is 59.2 Å². The number of rotatable bonds is 8. The Morgan fingerprint density at radius 2 is 1.85 bits per heavy atom. The molecule has 1 unspecified atom stereocenters. The van der Waals surface area contributed by atoms with Gasteiger partial charge in [0.25, 0.3) is 5.91 Å². The van der Waals surface area contributed by atoms with Crippen molar-refractivity contribution in [2.45, 2.75) is 13.3 Å². The maximum absolute atomic E-state index is 12.4. The third-order valence-electron chi connectivity index (χ3n) is 4.20. The number of carboxylic acids is 1. The predicted octanol–water partition coefficient (Wildman–Crippen LogP) is 2.69. The van der Waals surface area contributed by atoms with E-state index in [2.05, 4.69) is 5.32 Å². The fourth-order valence-corrected chi connectivity index (χ4v) is 2.71. The monoisotopic (exact) mass is 357 g/mol. The Kier molecular flexibility index (Phi) is 6.60. The van der Waals surface area contributed by atoms with Crippen molar-refractivity contribution in [1.29, 1.82) is 0 Å². The molecule has 0 aliphatic heterocycles. The SMILES string of the molecule is COc1ccc(C(=O)NCC(Cc2ccccc2OC)C(=O)O)c(C)c1. The van der Waals surface area contributed by atoms with Crippen molar-refractivity contribution in [3.8, 4) is 11.5 Å². The Morgan fingerprint density at radius 1 is 1.12 bits per heavy atom. The molecule has 0 aromatic heterocycles. The number of carbonyl (C=O) groups excluding carboxylic acids is 1. The molecule has 1 amide bonds. The molecule has 0 saturated heterocycles. The van der Waals surface area contributed by atoms with Gasteiger partial charge in [-0.25, -0.2) is 0 Å². The molecule has 0 fully saturated rings. The molecule has 2 aromatic rings. The lowest BCUT2D eigenvalue weighted by Gasteiger charge is -2.16. The van der Waals surface area contributed by atoms with E-state index in [1.54, 1.807) is 45.4 Å². The van der Waals surface area contributed by atoms with Crippen molar-refractivity contribution in [2.75, 3.05) is 20.8 Å². The van der Waals surface area contributed by atoms with Gasteiger partial charge in [0.2, 0.25) is 0 Å². The van der Waals surface area contributed by atoms with Gasteiger partial charge in [0.05, 0.1) is 20.1 Å². The zero-order valence-electron chi connectivity index (χ0n) is 15.1. The van der Waals surface area contributed by atoms with Gasteiger partial charge in [0.15, 0.2) is 0 Å². The number of benzene rings is 2. The highest BCUT2D eigenvalue weighted by Gasteiger charge is 2.21. The van der Waals surface area contributed by atoms with Gasteiger partial charge in [-0.3, -0.25) is 9.59 Å². The molecular weight excluding hydrogens is 334 g/mol. The molecular formula is C20H23NO5. The van der Waals surface area contributed by atoms with Crippen LogP contribution in [0.3, 0.4) is 0 Å². The molecule has 6 heteroatoms. The van der Waals surface area contributed by atoms with Crippen LogP contribution in [0.4, 0.5) is 0 Å². The average molecular weight is 357 g/mol. The van der Waals surface area contributed by atoms with E-state index in [4.69, 9.17) is 9.47 Å². The average Bonchev–Trinajstić information content (AvgIpc) is 2.64. The lowest BCUT2D eigenvalue weighted by atomic mass is 9.98. The molecule has 26 heavy (non-hydrogen) atoms. The van der Waals surface area contributed by atoms with Gasteiger partial charge in [-0.05, 0) is 48.7 Å². The normalized spacial score (nSPS) is 11.5. The Morgan fingerprint density at radius 3 is 2.46 bits per heavy atom. The van der Waals surface area contributed by atoms with E-state index < -0.39 is 11.9 Å². The molecule has 0 aliphatic carbocycles. The van der Waals surface area contributed by atoms with Crippen LogP contribution in [0.25, 0.3) is 0 Å². The van der Waals surface area contributed by atoms with E-state index in [0.29, 0.717) is 17.1 Å². The maximum Gasteiger partial charge on any atom is 0.308 e. The number of methoxy groups -OCH3 is 2. The molecule has 138 valence electrons. The zero-order valence-corrected chi connectivity index (χ0v) is 15.1. The molecule has 2 aromatic carbocycles. The first-order valence-corrected chi connectivity index (χ1v) is 8.23. The van der Waals surface area contributed by atoms with Gasteiger partial charge >= 0.3 is 5.97 Å². The van der Waals surface area contributed by atoms with Gasteiger partial charge in [-0.2, -0.15) is 0 Å². The Bertz CT molecular complexity index is 788. The van der Waals surface area contributed by atoms with Crippen molar-refractivity contribution in [3.63, 3.8) is 0 Å². The summed E-state index contributed by atoms with van der Waals surface area (Å²) in [6.07, 6.45) is 0.265. The number of ether oxygens (including phenoxy) is 2. The first-order chi connectivity index (χ1) is 12.5. The van der Waals surface area contributed by atoms with E-state index in [-0.39, 0.29) is 18.9 Å². The van der Waals surface area contributed by atoms with Crippen molar-refractivity contribution in [2.24, 2.45) is 5.92 Å². The van der Waals surface area contributed by atoms with E-state index >= 15 is 0 Å². The topological polar surface area (TPSA) is 84.9 Å². The molecule has 0 radical (unpaired) electrons. The number of para-hydroxylation sites is 1. The molecule has 2 rings (SSSR count). The van der Waals surface area contributed by atoms with E-state index in [0.717, 1.165) is 11.1 Å². The fraction of sp³-hybridized carbons (Fsp3) is 0.300. The quantitative estimate of drug-likeness (QED) is 0.759. The van der Waals surface area contributed by atoms with Gasteiger partial charge in [-0.1, -0.05) is 18.2 Å². The number of carboxylic acid groups (broad SMARTS) is 1. The molecule has 2 N–H and O–H groups in total. The zero-order chi connectivity index (χ0) is 19.1. The molecule has 6 nitrogen and oxygen atoms in total. The highest BCUT2D eigenvalue weighted by Crippen LogP contribution is 2.21. The third kappa shape index (κ3) is 4.75. The largest absolute Gasteiger partial charge is 0.497 e. The smallest absolute Gasteiger partial charge is 0.308 e. The highest BCUT2D eigenvalue weighted by molar-refractivity contribution is 5.96. The summed E-state index contributed by atoms with van der Waals surface area (Å²) >= 11 is 0. The lowest BCUT2D eigenvalue weighted by molar-refractivity contribution is -0.141. The van der Waals surface area contributed by atoms with Crippen molar-refractivity contribution < 1.29 is 24.2 Å². The minimum absolute atomic E-state index is 0.0255. The van der Waals surface area contributed by atoms with Crippen LogP contribution in [0.2, 0.25) is 0 Å². The van der Waals surface area contributed by atoms with Crippen LogP contribution in [0.15, 0.2) is 42.5 Å². The number of hydrogen-bond acceptors (Lipinski definition) is 4. The molecule has 0 aliphatic rings. The number of amides is 1. The summed E-state index contributed by atoms with van der Waals surface area (Å²) in [6.45, 7) is 1.83. The molecule has 0 spiro atoms. The second kappa shape index (κ2) is 8.89. The van der Waals surface area contributed by atoms with Crippen LogP contribution in [0.5, 0.6) is 11.5 Å². The van der Waals surface area contributed by atoms with E-state index in [9.17, 15) is 14.7 Å². The minimum Gasteiger partial charge on any atom is -0.497 e. The molecule has 1 atom stereocenters. The van der Waals surface area contributed by atoms with Crippen LogP contribution >= 0.6 is 0 Å². The summed E-state index contributed by atoms with van der Waals surface area (Å²) in [5, 5.41) is 12.2. The van der Waals surface area contributed by atoms with Crippen LogP contribution < -0.4 is 14.8 Å². The standard InChI is InChI=1S/C20H23NO5/c1-13-10-16(25-2)8-9-17(13)19(22)21-12-15(20(23)24)11-14-6-4-5-7-18(14)26-3/h4-10,15H,11-12H2,1-3H3,(H,21,22)(H,23,24). The highest BCUT2D eigenvalue weighted by atomic mass is 16.5. The second-order valence-corrected chi connectivity index (χ2v) is 5.94. The number of aryl methyl sites for hydroxylation is 1. The number of hydrogen-bond donors (Lipinski definition) is 2. The van der Waals surface area contributed by atoms with Crippen LogP contribution in [0, 0.1) is 12.8 Å². The van der Waals surface area contributed by atoms with Gasteiger partial charge in [0.1, 0.15) is 11.5 Å². The van der Waals surface area contributed by atoms with Gasteiger partial charge in [-0.15, -0.1) is 0 Å². The van der Waals surface area contributed by atoms with Crippen LogP contribution in [-0.2, 0) is 11.2 Å². The van der Waals surface area contributed by atoms with Crippen molar-refractivity contribution in [1.82, 2.24) is 5.32 Å². The summed E-state index contributed by atoms with van der Waals surface area (Å²) < 4.78 is 10.4. The lowest BCUT2D eigenvalue weighted by Crippen LogP contribution is -2.34. The summed E-state index contributed by atoms with van der Waals surface area (Å²) in [6, 6.07) is 12.4. The molecule has 0 saturated carbocycles. The summed E-state index contributed by atoms with van der Waals surface area (Å²) in [7, 11) is 3.10. The summed E-state index contributed by atoms with van der Waals surface area (Å²) in [5.41, 5.74) is 2.04. The van der Waals surface area contributed by atoms with Gasteiger partial charge < -0.3 is 19.9 Å². The summed E-state index contributed by atoms with van der Waals surface area (Å²) in [5.74, 6) is -0.734. The Labute approximate surface area is 152 Å². The van der Waals surface area contributed by atoms with E-state index in [1.807, 2.05) is 18.2 Å². The Hall–Kier alpha value is -3.02. The van der Waals surface area contributed by atoms with E-state index in [1.165, 1.54) is 0 Å². The Balaban J connectivity index is 2.06. The maximum atomic E-state index is 12.4. The summed E-state index contributed by atoms with van der Waals surface area (Å²) in [4.78, 5) is 24.0.